The van der Waals surface area contributed by atoms with Gasteiger partial charge in [0.05, 0.1) is 31.3 Å². The zero-order valence-corrected chi connectivity index (χ0v) is 45.1. The molecular formula is C61H121NO4. The van der Waals surface area contributed by atoms with E-state index in [9.17, 15) is 20.1 Å². The first-order chi connectivity index (χ1) is 32.5. The molecule has 1 amide bonds. The summed E-state index contributed by atoms with van der Waals surface area (Å²) in [4.78, 5) is 12.5. The zero-order valence-electron chi connectivity index (χ0n) is 45.1. The molecule has 0 heterocycles. The van der Waals surface area contributed by atoms with Crippen molar-refractivity contribution in [1.29, 1.82) is 0 Å². The normalized spacial score (nSPS) is 13.2. The average molecular weight is 933 g/mol. The van der Waals surface area contributed by atoms with Gasteiger partial charge in [0.2, 0.25) is 5.91 Å². The molecule has 0 rings (SSSR count). The van der Waals surface area contributed by atoms with E-state index in [1.165, 1.54) is 295 Å². The van der Waals surface area contributed by atoms with E-state index in [1.807, 2.05) is 6.08 Å². The number of aliphatic hydroxyl groups is 3. The van der Waals surface area contributed by atoms with E-state index in [-0.39, 0.29) is 18.9 Å². The smallest absolute Gasteiger partial charge is 0.222 e. The fourth-order valence-electron chi connectivity index (χ4n) is 9.93. The van der Waals surface area contributed by atoms with Crippen LogP contribution in [0.3, 0.4) is 0 Å². The monoisotopic (exact) mass is 932 g/mol. The van der Waals surface area contributed by atoms with Crippen LogP contribution in [0.1, 0.15) is 348 Å². The van der Waals surface area contributed by atoms with Gasteiger partial charge in [-0.25, -0.2) is 0 Å². The molecule has 0 fully saturated rings. The van der Waals surface area contributed by atoms with E-state index in [4.69, 9.17) is 0 Å². The summed E-state index contributed by atoms with van der Waals surface area (Å²) in [6.07, 6.45) is 71.4. The van der Waals surface area contributed by atoms with Crippen molar-refractivity contribution in [2.75, 3.05) is 6.61 Å². The second-order valence-corrected chi connectivity index (χ2v) is 21.3. The molecule has 0 saturated heterocycles. The summed E-state index contributed by atoms with van der Waals surface area (Å²) in [7, 11) is 0. The number of unbranched alkanes of at least 4 members (excludes halogenated alkanes) is 48. The molecule has 394 valence electrons. The van der Waals surface area contributed by atoms with Crippen molar-refractivity contribution in [3.63, 3.8) is 0 Å². The minimum absolute atomic E-state index is 0.0197. The number of allylic oxidation sites excluding steroid dienone is 1. The molecule has 0 aromatic carbocycles. The van der Waals surface area contributed by atoms with Crippen molar-refractivity contribution in [2.45, 2.75) is 366 Å². The van der Waals surface area contributed by atoms with Gasteiger partial charge < -0.3 is 20.6 Å². The van der Waals surface area contributed by atoms with Crippen LogP contribution in [0.2, 0.25) is 0 Å². The van der Waals surface area contributed by atoms with Crippen LogP contribution in [-0.2, 0) is 4.79 Å². The largest absolute Gasteiger partial charge is 0.394 e. The Labute approximate surface area is 414 Å². The maximum absolute atomic E-state index is 12.5. The van der Waals surface area contributed by atoms with Gasteiger partial charge in [-0.1, -0.05) is 334 Å². The van der Waals surface area contributed by atoms with Crippen LogP contribution < -0.4 is 5.32 Å². The Bertz CT molecular complexity index is 940. The second-order valence-electron chi connectivity index (χ2n) is 21.3. The summed E-state index contributed by atoms with van der Waals surface area (Å²) in [5, 5.41) is 33.5. The van der Waals surface area contributed by atoms with Gasteiger partial charge in [-0.05, 0) is 19.3 Å². The number of carbonyl (C=O) groups excluding carboxylic acids is 1. The van der Waals surface area contributed by atoms with Crippen LogP contribution in [-0.4, -0.2) is 46.1 Å². The maximum atomic E-state index is 12.5. The molecular weight excluding hydrogens is 811 g/mol. The number of hydrogen-bond donors (Lipinski definition) is 4. The van der Waals surface area contributed by atoms with Crippen LogP contribution in [0.15, 0.2) is 12.2 Å². The highest BCUT2D eigenvalue weighted by atomic mass is 16.3. The molecule has 0 spiro atoms. The van der Waals surface area contributed by atoms with Gasteiger partial charge in [-0.3, -0.25) is 4.79 Å². The Morgan fingerprint density at radius 1 is 0.379 bits per heavy atom. The first-order valence-corrected chi connectivity index (χ1v) is 30.5. The molecule has 0 aliphatic heterocycles. The average Bonchev–Trinajstić information content (AvgIpc) is 3.31. The van der Waals surface area contributed by atoms with E-state index in [0.29, 0.717) is 6.42 Å². The Hall–Kier alpha value is -0.910. The maximum Gasteiger partial charge on any atom is 0.222 e. The molecule has 0 saturated carbocycles. The minimum Gasteiger partial charge on any atom is -0.394 e. The summed E-state index contributed by atoms with van der Waals surface area (Å²) in [5.41, 5.74) is 0. The third-order valence-corrected chi connectivity index (χ3v) is 14.6. The number of aliphatic hydroxyl groups excluding tert-OH is 3. The van der Waals surface area contributed by atoms with Crippen LogP contribution in [0.25, 0.3) is 0 Å². The lowest BCUT2D eigenvalue weighted by atomic mass is 10.0. The summed E-state index contributed by atoms with van der Waals surface area (Å²) in [6.45, 7) is 4.27. The predicted molar refractivity (Wildman–Crippen MR) is 292 cm³/mol. The molecule has 0 aromatic heterocycles. The number of nitrogens with one attached hydrogen (secondary N) is 1. The molecule has 3 atom stereocenters. The highest BCUT2D eigenvalue weighted by Crippen LogP contribution is 2.19. The molecule has 5 nitrogen and oxygen atoms in total. The van der Waals surface area contributed by atoms with E-state index in [2.05, 4.69) is 19.2 Å². The first kappa shape index (κ1) is 65.1. The van der Waals surface area contributed by atoms with Gasteiger partial charge in [-0.15, -0.1) is 0 Å². The van der Waals surface area contributed by atoms with Crippen molar-refractivity contribution in [2.24, 2.45) is 0 Å². The van der Waals surface area contributed by atoms with E-state index in [0.717, 1.165) is 25.7 Å². The molecule has 4 N–H and O–H groups in total. The predicted octanol–water partition coefficient (Wildman–Crippen LogP) is 19.1. The molecule has 66 heavy (non-hydrogen) atoms. The van der Waals surface area contributed by atoms with Gasteiger partial charge in [0.15, 0.2) is 0 Å². The van der Waals surface area contributed by atoms with Gasteiger partial charge >= 0.3 is 0 Å². The summed E-state index contributed by atoms with van der Waals surface area (Å²) < 4.78 is 0. The van der Waals surface area contributed by atoms with Crippen LogP contribution in [0, 0.1) is 0 Å². The fraction of sp³-hybridized carbons (Fsp3) is 0.951. The Morgan fingerprint density at radius 3 is 0.879 bits per heavy atom. The standard InChI is InChI=1S/C61H121NO4/c1-3-5-7-9-11-13-15-17-19-21-23-25-27-29-30-31-32-34-36-38-40-42-44-46-48-50-52-54-58(64)56-61(66)62-59(57-63)60(65)55-53-51-49-47-45-43-41-39-37-35-33-28-26-24-22-20-18-16-14-12-10-8-6-4-2/h53,55,58-60,63-65H,3-52,54,56-57H2,1-2H3,(H,62,66)/b55-53+. The van der Waals surface area contributed by atoms with Crippen LogP contribution >= 0.6 is 0 Å². The fourth-order valence-corrected chi connectivity index (χ4v) is 9.93. The molecule has 0 aliphatic carbocycles. The molecule has 0 bridgehead atoms. The number of amides is 1. The summed E-state index contributed by atoms with van der Waals surface area (Å²) in [6, 6.07) is -0.742. The SMILES string of the molecule is CCCCCCCCCCCCCCCCCCCCCCCC/C=C/C(O)C(CO)NC(=O)CC(O)CCCCCCCCCCCCCCCCCCCCCCCCCCCCC. The highest BCUT2D eigenvalue weighted by Gasteiger charge is 2.20. The molecule has 5 heteroatoms. The quantitative estimate of drug-likeness (QED) is 0.0361. The molecule has 3 unspecified atom stereocenters. The third-order valence-electron chi connectivity index (χ3n) is 14.6. The number of carbonyl (C=O) groups is 1. The molecule has 0 aromatic rings. The van der Waals surface area contributed by atoms with Crippen molar-refractivity contribution in [1.82, 2.24) is 5.32 Å². The van der Waals surface area contributed by atoms with Crippen molar-refractivity contribution in [3.8, 4) is 0 Å². The van der Waals surface area contributed by atoms with Crippen molar-refractivity contribution >= 4 is 5.91 Å². The van der Waals surface area contributed by atoms with Crippen LogP contribution in [0.4, 0.5) is 0 Å². The highest BCUT2D eigenvalue weighted by molar-refractivity contribution is 5.76. The summed E-state index contributed by atoms with van der Waals surface area (Å²) in [5.74, 6) is -0.307. The zero-order chi connectivity index (χ0) is 47.9. The lowest BCUT2D eigenvalue weighted by Gasteiger charge is -2.21. The third kappa shape index (κ3) is 52.5. The number of rotatable bonds is 57. The van der Waals surface area contributed by atoms with E-state index in [1.54, 1.807) is 6.08 Å². The molecule has 0 radical (unpaired) electrons. The first-order valence-electron chi connectivity index (χ1n) is 30.5. The second kappa shape index (κ2) is 56.7. The lowest BCUT2D eigenvalue weighted by Crippen LogP contribution is -2.45. The van der Waals surface area contributed by atoms with Gasteiger partial charge in [-0.2, -0.15) is 0 Å². The summed E-state index contributed by atoms with van der Waals surface area (Å²) >= 11 is 0. The minimum atomic E-state index is -0.927. The Morgan fingerprint density at radius 2 is 0.621 bits per heavy atom. The van der Waals surface area contributed by atoms with Gasteiger partial charge in [0.25, 0.3) is 0 Å². The van der Waals surface area contributed by atoms with Gasteiger partial charge in [0, 0.05) is 0 Å². The van der Waals surface area contributed by atoms with Crippen molar-refractivity contribution in [3.05, 3.63) is 12.2 Å². The Balaban J connectivity index is 3.51. The van der Waals surface area contributed by atoms with E-state index >= 15 is 0 Å². The molecule has 0 aliphatic rings. The number of hydrogen-bond acceptors (Lipinski definition) is 4. The Kier molecular flexibility index (Phi) is 55.9. The van der Waals surface area contributed by atoms with E-state index < -0.39 is 18.2 Å². The lowest BCUT2D eigenvalue weighted by molar-refractivity contribution is -0.124. The van der Waals surface area contributed by atoms with Gasteiger partial charge in [0.1, 0.15) is 0 Å². The van der Waals surface area contributed by atoms with Crippen molar-refractivity contribution < 1.29 is 20.1 Å². The topological polar surface area (TPSA) is 89.8 Å². The van der Waals surface area contributed by atoms with Crippen LogP contribution in [0.5, 0.6) is 0 Å².